The van der Waals surface area contributed by atoms with Crippen molar-refractivity contribution in [2.24, 2.45) is 7.05 Å². The maximum absolute atomic E-state index is 14.3. The number of aryl methyl sites for hydroxylation is 1. The molecule has 13 heteroatoms. The Labute approximate surface area is 244 Å². The van der Waals surface area contributed by atoms with Crippen LogP contribution in [0.5, 0.6) is 5.75 Å². The fourth-order valence-corrected chi connectivity index (χ4v) is 6.69. The minimum atomic E-state index is -4.71. The Morgan fingerprint density at radius 1 is 1.16 bits per heavy atom. The van der Waals surface area contributed by atoms with E-state index in [9.17, 15) is 26.7 Å². The summed E-state index contributed by atoms with van der Waals surface area (Å²) in [5.74, 6) is -2.07. The van der Waals surface area contributed by atoms with Crippen molar-refractivity contribution < 1.29 is 36.2 Å². The van der Waals surface area contributed by atoms with Crippen LogP contribution in [0.3, 0.4) is 0 Å². The maximum Gasteiger partial charge on any atom is 0.416 e. The molecule has 0 unspecified atom stereocenters. The molecule has 1 aromatic heterocycles. The molecule has 2 aromatic carbocycles. The molecule has 7 rings (SSSR count). The zero-order valence-corrected chi connectivity index (χ0v) is 23.4. The van der Waals surface area contributed by atoms with Crippen molar-refractivity contribution in [3.63, 3.8) is 0 Å². The summed E-state index contributed by atoms with van der Waals surface area (Å²) in [5.41, 5.74) is 0.962. The summed E-state index contributed by atoms with van der Waals surface area (Å²) < 4.78 is 83.7. The van der Waals surface area contributed by atoms with Gasteiger partial charge in [0.25, 0.3) is 5.91 Å². The molecule has 2 fully saturated rings. The van der Waals surface area contributed by atoms with Gasteiger partial charge >= 0.3 is 6.18 Å². The molecule has 0 bridgehead atoms. The van der Waals surface area contributed by atoms with Crippen LogP contribution in [0, 0.1) is 0 Å². The predicted molar refractivity (Wildman–Crippen MR) is 144 cm³/mol. The van der Waals surface area contributed by atoms with Crippen molar-refractivity contribution in [1.82, 2.24) is 20.1 Å². The first-order chi connectivity index (χ1) is 20.4. The lowest BCUT2D eigenvalue weighted by Gasteiger charge is -2.42. The Morgan fingerprint density at radius 2 is 1.98 bits per heavy atom. The highest BCUT2D eigenvalue weighted by Gasteiger charge is 2.45. The molecule has 1 atom stereocenters. The number of anilines is 1. The number of amides is 1. The normalized spacial score (nSPS) is 22.0. The quantitative estimate of drug-likeness (QED) is 0.394. The van der Waals surface area contributed by atoms with Crippen LogP contribution in [0.2, 0.25) is 0 Å². The lowest BCUT2D eigenvalue weighted by molar-refractivity contribution is -0.138. The van der Waals surface area contributed by atoms with E-state index in [2.05, 4.69) is 15.5 Å². The number of hydrogen-bond donors (Lipinski definition) is 1. The van der Waals surface area contributed by atoms with Crippen LogP contribution in [-0.4, -0.2) is 52.5 Å². The molecule has 1 aliphatic carbocycles. The largest absolute Gasteiger partial charge is 0.491 e. The van der Waals surface area contributed by atoms with Gasteiger partial charge in [-0.3, -0.25) is 4.79 Å². The molecular weight excluding hydrogens is 573 g/mol. The van der Waals surface area contributed by atoms with Crippen molar-refractivity contribution in [2.45, 2.75) is 68.7 Å². The molecule has 1 saturated heterocycles. The predicted octanol–water partition coefficient (Wildman–Crippen LogP) is 4.72. The lowest BCUT2D eigenvalue weighted by Crippen LogP contribution is -2.49. The number of halogens is 5. The summed E-state index contributed by atoms with van der Waals surface area (Å²) in [7, 11) is 1.86. The number of benzene rings is 2. The smallest absolute Gasteiger partial charge is 0.416 e. The number of aromatic nitrogens is 3. The summed E-state index contributed by atoms with van der Waals surface area (Å²) in [4.78, 5) is 15.2. The van der Waals surface area contributed by atoms with Crippen LogP contribution >= 0.6 is 0 Å². The Hall–Kier alpha value is -3.58. The van der Waals surface area contributed by atoms with Gasteiger partial charge in [0.05, 0.1) is 37.6 Å². The van der Waals surface area contributed by atoms with Crippen molar-refractivity contribution >= 4 is 11.6 Å². The molecule has 0 spiro atoms. The lowest BCUT2D eigenvalue weighted by atomic mass is 9.74. The number of alkyl halides is 5. The van der Waals surface area contributed by atoms with Crippen LogP contribution in [0.1, 0.15) is 63.3 Å². The molecular formula is C30H30F5N5O3. The minimum absolute atomic E-state index is 0.0405. The minimum Gasteiger partial charge on any atom is -0.491 e. The zero-order valence-electron chi connectivity index (χ0n) is 23.4. The summed E-state index contributed by atoms with van der Waals surface area (Å²) in [6.07, 6.45) is -2.32. The first-order valence-electron chi connectivity index (χ1n) is 14.3. The molecule has 1 saturated carbocycles. The zero-order chi connectivity index (χ0) is 30.1. The molecule has 228 valence electrons. The van der Waals surface area contributed by atoms with Crippen molar-refractivity contribution in [2.75, 3.05) is 24.7 Å². The summed E-state index contributed by atoms with van der Waals surface area (Å²) in [6.45, 7) is 0.932. The third-order valence-electron chi connectivity index (χ3n) is 9.13. The Morgan fingerprint density at radius 3 is 2.63 bits per heavy atom. The third-order valence-corrected chi connectivity index (χ3v) is 9.13. The Bertz CT molecular complexity index is 1600. The molecule has 0 radical (unpaired) electrons. The second-order valence-corrected chi connectivity index (χ2v) is 12.1. The van der Waals surface area contributed by atoms with Gasteiger partial charge in [-0.2, -0.15) is 13.2 Å². The van der Waals surface area contributed by atoms with Gasteiger partial charge in [0.15, 0.2) is 0 Å². The second kappa shape index (κ2) is 9.98. The number of carbonyl (C=O) groups excluding carboxylic acids is 1. The van der Waals surface area contributed by atoms with Gasteiger partial charge in [-0.05, 0) is 46.9 Å². The fourth-order valence-electron chi connectivity index (χ4n) is 6.69. The number of rotatable bonds is 7. The van der Waals surface area contributed by atoms with E-state index in [0.717, 1.165) is 23.0 Å². The average molecular weight is 604 g/mol. The number of ether oxygens (including phenoxy) is 2. The molecule has 8 nitrogen and oxygen atoms in total. The van der Waals surface area contributed by atoms with Crippen LogP contribution in [0.15, 0.2) is 30.6 Å². The number of carbonyl (C=O) groups is 1. The van der Waals surface area contributed by atoms with Gasteiger partial charge in [0.2, 0.25) is 5.92 Å². The number of fused-ring (bicyclic) bond motifs is 2. The molecule has 3 aromatic rings. The van der Waals surface area contributed by atoms with Gasteiger partial charge in [0, 0.05) is 56.3 Å². The van der Waals surface area contributed by atoms with Crippen molar-refractivity contribution in [1.29, 1.82) is 0 Å². The van der Waals surface area contributed by atoms with E-state index >= 15 is 0 Å². The van der Waals surface area contributed by atoms with Crippen LogP contribution in [0.25, 0.3) is 0 Å². The van der Waals surface area contributed by atoms with E-state index in [-0.39, 0.29) is 49.0 Å². The van der Waals surface area contributed by atoms with E-state index in [4.69, 9.17) is 9.47 Å². The van der Waals surface area contributed by atoms with Crippen molar-refractivity contribution in [3.05, 3.63) is 69.8 Å². The molecule has 1 N–H and O–H groups in total. The Kier molecular flexibility index (Phi) is 6.55. The van der Waals surface area contributed by atoms with Gasteiger partial charge in [-0.25, -0.2) is 8.78 Å². The summed E-state index contributed by atoms with van der Waals surface area (Å²) >= 11 is 0. The van der Waals surface area contributed by atoms with Crippen LogP contribution in [-0.2, 0) is 49.3 Å². The highest BCUT2D eigenvalue weighted by atomic mass is 19.4. The number of hydrogen-bond acceptors (Lipinski definition) is 6. The molecule has 43 heavy (non-hydrogen) atoms. The topological polar surface area (TPSA) is 81.5 Å². The average Bonchev–Trinajstić information content (AvgIpc) is 3.71. The van der Waals surface area contributed by atoms with E-state index in [1.807, 2.05) is 23.7 Å². The molecule has 4 heterocycles. The molecule has 3 aliphatic heterocycles. The first-order valence-corrected chi connectivity index (χ1v) is 14.3. The van der Waals surface area contributed by atoms with Gasteiger partial charge in [-0.15, -0.1) is 10.2 Å². The SMILES string of the molecule is Cn1cnnc1CC1(c2cc3c(c(N4Cc5c(cc(CN[C@H]6CCC(F)(F)C6)cc5C(F)(F)F)C4=O)c2)OCC3)COC1. The Balaban J connectivity index is 1.23. The molecule has 1 amide bonds. The van der Waals surface area contributed by atoms with Crippen LogP contribution in [0.4, 0.5) is 27.6 Å². The second-order valence-electron chi connectivity index (χ2n) is 12.1. The van der Waals surface area contributed by atoms with Gasteiger partial charge in [0.1, 0.15) is 17.9 Å². The van der Waals surface area contributed by atoms with Gasteiger partial charge in [-0.1, -0.05) is 6.07 Å². The van der Waals surface area contributed by atoms with E-state index in [0.29, 0.717) is 44.1 Å². The standard InChI is InChI=1S/C30H30F5N5O3/c1-39-16-37-38-25(39)11-28(14-42-15-28)19-8-18-3-5-43-26(18)24(9-19)40-13-22-21(27(40)41)6-17(7-23(22)30(33,34)35)12-36-20-2-4-29(31,32)10-20/h6-9,16,20,36H,2-5,10-15H2,1H3/t20-/m0/s1. The monoisotopic (exact) mass is 603 g/mol. The number of nitrogens with one attached hydrogen (secondary N) is 1. The third kappa shape index (κ3) is 4.95. The first kappa shape index (κ1) is 28.2. The van der Waals surface area contributed by atoms with Crippen molar-refractivity contribution in [3.8, 4) is 5.75 Å². The van der Waals surface area contributed by atoms with Crippen LogP contribution < -0.4 is 15.0 Å². The van der Waals surface area contributed by atoms with Gasteiger partial charge < -0.3 is 24.3 Å². The summed E-state index contributed by atoms with van der Waals surface area (Å²) in [5, 5.41) is 11.2. The number of nitrogens with zero attached hydrogens (tertiary/aromatic N) is 4. The highest BCUT2D eigenvalue weighted by Crippen LogP contribution is 2.47. The van der Waals surface area contributed by atoms with E-state index in [1.54, 1.807) is 6.33 Å². The van der Waals surface area contributed by atoms with E-state index in [1.165, 1.54) is 11.0 Å². The molecule has 4 aliphatic rings. The highest BCUT2D eigenvalue weighted by molar-refractivity contribution is 6.11. The maximum atomic E-state index is 14.3. The summed E-state index contributed by atoms with van der Waals surface area (Å²) in [6, 6.07) is 5.84. The van der Waals surface area contributed by atoms with E-state index < -0.39 is 35.0 Å². The fraction of sp³-hybridized carbons (Fsp3) is 0.500.